The maximum Gasteiger partial charge on any atom is 0.0716 e. The molecule has 0 fully saturated rings. The molecule has 0 aliphatic carbocycles. The van der Waals surface area contributed by atoms with Gasteiger partial charge in [0.25, 0.3) is 0 Å². The molecule has 0 aliphatic heterocycles. The molecule has 80 valence electrons. The summed E-state index contributed by atoms with van der Waals surface area (Å²) in [5.74, 6) is 0. The molecule has 15 heavy (non-hydrogen) atoms. The van der Waals surface area contributed by atoms with Crippen LogP contribution in [0.4, 0.5) is 0 Å². The predicted molar refractivity (Wildman–Crippen MR) is 60.2 cm³/mol. The topological polar surface area (TPSA) is 33.0 Å². The molecule has 0 saturated carbocycles. The lowest BCUT2D eigenvalue weighted by Gasteiger charge is -2.03. The molecule has 0 N–H and O–H groups in total. The van der Waals surface area contributed by atoms with Crippen molar-refractivity contribution < 1.29 is 4.74 Å². The molecule has 2 heteroatoms. The Morgan fingerprint density at radius 1 is 1.07 bits per heavy atom. The molecular formula is C13H17NO. The second-order valence-corrected chi connectivity index (χ2v) is 3.51. The maximum atomic E-state index is 8.34. The van der Waals surface area contributed by atoms with Gasteiger partial charge < -0.3 is 4.74 Å². The van der Waals surface area contributed by atoms with Crippen LogP contribution < -0.4 is 0 Å². The van der Waals surface area contributed by atoms with Gasteiger partial charge in [-0.2, -0.15) is 5.26 Å². The van der Waals surface area contributed by atoms with E-state index in [9.17, 15) is 0 Å². The summed E-state index contributed by atoms with van der Waals surface area (Å²) >= 11 is 0. The first kappa shape index (κ1) is 11.7. The third kappa shape index (κ3) is 5.87. The van der Waals surface area contributed by atoms with Gasteiger partial charge in [0.15, 0.2) is 0 Å². The van der Waals surface area contributed by atoms with Crippen LogP contribution in [0, 0.1) is 11.3 Å². The number of unbranched alkanes of at least 4 members (excludes halogenated alkanes) is 3. The van der Waals surface area contributed by atoms with E-state index in [1.165, 1.54) is 5.56 Å². The van der Waals surface area contributed by atoms with E-state index in [4.69, 9.17) is 10.00 Å². The van der Waals surface area contributed by atoms with Crippen LogP contribution in [-0.2, 0) is 11.3 Å². The van der Waals surface area contributed by atoms with Crippen LogP contribution in [-0.4, -0.2) is 6.61 Å². The Kier molecular flexibility index (Phi) is 6.28. The van der Waals surface area contributed by atoms with E-state index in [2.05, 4.69) is 18.2 Å². The van der Waals surface area contributed by atoms with E-state index in [0.29, 0.717) is 13.0 Å². The van der Waals surface area contributed by atoms with Crippen LogP contribution in [0.15, 0.2) is 30.3 Å². The lowest BCUT2D eigenvalue weighted by Crippen LogP contribution is -1.95. The fraction of sp³-hybridized carbons (Fsp3) is 0.462. The summed E-state index contributed by atoms with van der Waals surface area (Å²) < 4.78 is 5.52. The molecule has 0 bridgehead atoms. The van der Waals surface area contributed by atoms with Gasteiger partial charge in [0, 0.05) is 13.0 Å². The minimum atomic E-state index is 0.665. The van der Waals surface area contributed by atoms with Gasteiger partial charge in [0.1, 0.15) is 0 Å². The first-order valence-corrected chi connectivity index (χ1v) is 5.42. The van der Waals surface area contributed by atoms with Crippen LogP contribution in [0.1, 0.15) is 31.2 Å². The molecule has 0 aliphatic rings. The van der Waals surface area contributed by atoms with Gasteiger partial charge in [-0.15, -0.1) is 0 Å². The Morgan fingerprint density at radius 2 is 1.87 bits per heavy atom. The summed E-state index contributed by atoms with van der Waals surface area (Å²) in [4.78, 5) is 0. The first-order valence-electron chi connectivity index (χ1n) is 5.42. The molecule has 0 heterocycles. The monoisotopic (exact) mass is 203 g/mol. The summed E-state index contributed by atoms with van der Waals surface area (Å²) in [6, 6.07) is 12.3. The zero-order chi connectivity index (χ0) is 10.8. The Morgan fingerprint density at radius 3 is 2.60 bits per heavy atom. The van der Waals surface area contributed by atoms with Gasteiger partial charge in [-0.05, 0) is 18.4 Å². The van der Waals surface area contributed by atoms with Crippen molar-refractivity contribution in [2.45, 2.75) is 32.3 Å². The number of ether oxygens (including phenoxy) is 1. The summed E-state index contributed by atoms with van der Waals surface area (Å²) in [6.45, 7) is 1.49. The van der Waals surface area contributed by atoms with Crippen LogP contribution in [0.5, 0.6) is 0 Å². The SMILES string of the molecule is N#CCCCCCOCc1ccccc1. The summed E-state index contributed by atoms with van der Waals surface area (Å²) in [7, 11) is 0. The highest BCUT2D eigenvalue weighted by atomic mass is 16.5. The standard InChI is InChI=1S/C13H17NO/c14-10-6-1-2-7-11-15-12-13-8-4-3-5-9-13/h3-5,8-9H,1-2,6-7,11-12H2. The zero-order valence-corrected chi connectivity index (χ0v) is 8.98. The van der Waals surface area contributed by atoms with Crippen LogP contribution in [0.3, 0.4) is 0 Å². The maximum absolute atomic E-state index is 8.34. The molecule has 0 saturated heterocycles. The van der Waals surface area contributed by atoms with E-state index in [0.717, 1.165) is 25.9 Å². The van der Waals surface area contributed by atoms with Crippen molar-refractivity contribution in [2.75, 3.05) is 6.61 Å². The molecule has 0 spiro atoms. The molecular weight excluding hydrogens is 186 g/mol. The minimum absolute atomic E-state index is 0.665. The fourth-order valence-electron chi connectivity index (χ4n) is 1.35. The summed E-state index contributed by atoms with van der Waals surface area (Å²) in [5.41, 5.74) is 1.22. The van der Waals surface area contributed by atoms with E-state index in [-0.39, 0.29) is 0 Å². The quantitative estimate of drug-likeness (QED) is 0.637. The van der Waals surface area contributed by atoms with Gasteiger partial charge in [-0.25, -0.2) is 0 Å². The third-order valence-corrected chi connectivity index (χ3v) is 2.19. The van der Waals surface area contributed by atoms with Crippen molar-refractivity contribution in [1.29, 1.82) is 5.26 Å². The van der Waals surface area contributed by atoms with Crippen molar-refractivity contribution in [2.24, 2.45) is 0 Å². The molecule has 1 aromatic rings. The Bertz CT molecular complexity index is 289. The van der Waals surface area contributed by atoms with E-state index < -0.39 is 0 Å². The molecule has 1 aromatic carbocycles. The molecule has 2 nitrogen and oxygen atoms in total. The fourth-order valence-corrected chi connectivity index (χ4v) is 1.35. The van der Waals surface area contributed by atoms with Crippen LogP contribution in [0.2, 0.25) is 0 Å². The number of hydrogen-bond donors (Lipinski definition) is 0. The first-order chi connectivity index (χ1) is 7.43. The van der Waals surface area contributed by atoms with E-state index >= 15 is 0 Å². The zero-order valence-electron chi connectivity index (χ0n) is 8.98. The Labute approximate surface area is 91.5 Å². The van der Waals surface area contributed by atoms with Gasteiger partial charge in [0.2, 0.25) is 0 Å². The smallest absolute Gasteiger partial charge is 0.0716 e. The minimum Gasteiger partial charge on any atom is -0.377 e. The Hall–Kier alpha value is -1.33. The highest BCUT2D eigenvalue weighted by Gasteiger charge is 1.92. The second kappa shape index (κ2) is 8.02. The number of nitriles is 1. The van der Waals surface area contributed by atoms with Crippen molar-refractivity contribution in [1.82, 2.24) is 0 Å². The highest BCUT2D eigenvalue weighted by molar-refractivity contribution is 5.13. The number of benzene rings is 1. The van der Waals surface area contributed by atoms with E-state index in [1.54, 1.807) is 0 Å². The normalized spacial score (nSPS) is 9.80. The molecule has 0 unspecified atom stereocenters. The average molecular weight is 203 g/mol. The predicted octanol–water partition coefficient (Wildman–Crippen LogP) is 3.29. The summed E-state index contributed by atoms with van der Waals surface area (Å²) in [5, 5.41) is 8.34. The lowest BCUT2D eigenvalue weighted by molar-refractivity contribution is 0.117. The van der Waals surface area contributed by atoms with Crippen molar-refractivity contribution in [3.05, 3.63) is 35.9 Å². The molecule has 0 amide bonds. The van der Waals surface area contributed by atoms with Gasteiger partial charge in [-0.1, -0.05) is 36.8 Å². The van der Waals surface area contributed by atoms with Gasteiger partial charge in [-0.3, -0.25) is 0 Å². The van der Waals surface area contributed by atoms with Gasteiger partial charge in [0.05, 0.1) is 12.7 Å². The molecule has 1 rings (SSSR count). The number of rotatable bonds is 7. The van der Waals surface area contributed by atoms with Crippen LogP contribution >= 0.6 is 0 Å². The number of hydrogen-bond acceptors (Lipinski definition) is 2. The lowest BCUT2D eigenvalue weighted by atomic mass is 10.2. The molecule has 0 aromatic heterocycles. The van der Waals surface area contributed by atoms with Crippen molar-refractivity contribution in [3.8, 4) is 6.07 Å². The largest absolute Gasteiger partial charge is 0.377 e. The average Bonchev–Trinajstić information content (AvgIpc) is 2.29. The van der Waals surface area contributed by atoms with Crippen molar-refractivity contribution >= 4 is 0 Å². The van der Waals surface area contributed by atoms with Crippen molar-refractivity contribution in [3.63, 3.8) is 0 Å². The van der Waals surface area contributed by atoms with Crippen LogP contribution in [0.25, 0.3) is 0 Å². The number of nitrogens with zero attached hydrogens (tertiary/aromatic N) is 1. The molecule has 0 radical (unpaired) electrons. The third-order valence-electron chi connectivity index (χ3n) is 2.19. The van der Waals surface area contributed by atoms with E-state index in [1.807, 2.05) is 18.2 Å². The summed E-state index contributed by atoms with van der Waals surface area (Å²) in [6.07, 6.45) is 3.79. The Balaban J connectivity index is 1.96. The second-order valence-electron chi connectivity index (χ2n) is 3.51. The molecule has 0 atom stereocenters. The van der Waals surface area contributed by atoms with Gasteiger partial charge >= 0.3 is 0 Å². The highest BCUT2D eigenvalue weighted by Crippen LogP contribution is 2.03.